The molecule has 4 rings (SSSR count). The van der Waals surface area contributed by atoms with Crippen LogP contribution >= 0.6 is 11.8 Å². The van der Waals surface area contributed by atoms with E-state index in [2.05, 4.69) is 40.7 Å². The molecule has 0 bridgehead atoms. The Bertz CT molecular complexity index is 792. The predicted octanol–water partition coefficient (Wildman–Crippen LogP) is 8.71. The fourth-order valence-corrected chi connectivity index (χ4v) is 10.2. The molecule has 0 saturated heterocycles. The minimum Gasteiger partial charge on any atom is -0.469 e. The summed E-state index contributed by atoms with van der Waals surface area (Å²) < 4.78 is 11.1. The number of rotatable bonds is 12. The van der Waals surface area contributed by atoms with Gasteiger partial charge >= 0.3 is 5.97 Å². The van der Waals surface area contributed by atoms with Gasteiger partial charge in [0.05, 0.1) is 26.2 Å². The highest BCUT2D eigenvalue weighted by atomic mass is 32.2. The normalized spacial score (nSPS) is 37.9. The fraction of sp³-hybridized carbons (Fsp3) is 0.909. The van der Waals surface area contributed by atoms with Gasteiger partial charge < -0.3 is 9.47 Å². The number of methoxy groups -OCH3 is 1. The Kier molecular flexibility index (Phi) is 10.2. The van der Waals surface area contributed by atoms with Gasteiger partial charge in [-0.3, -0.25) is 4.79 Å². The molecule has 0 N–H and O–H groups in total. The number of thioether (sulfide) groups is 1. The quantitative estimate of drug-likeness (QED) is 0.143. The summed E-state index contributed by atoms with van der Waals surface area (Å²) in [7, 11) is 1.46. The first-order chi connectivity index (χ1) is 17.7. The highest BCUT2D eigenvalue weighted by molar-refractivity contribution is 7.99. The standard InChI is InChI=1S/C33H56O3S/c1-23(2)8-7-9-24(3)28-12-13-29-27-11-10-25-22-26(36-19-21-37-20-16-31(34)35-6)14-17-32(25,4)30(27)15-18-33(28,29)5/h10,23-24,26-30H,7-9,11-22H2,1-6H3/t24-,26+,27+,28-,29+,30+,32+,33-/m1/s1. The van der Waals surface area contributed by atoms with Gasteiger partial charge in [-0.15, -0.1) is 0 Å². The number of allylic oxidation sites excluding steroid dienone is 1. The van der Waals surface area contributed by atoms with E-state index in [1.165, 1.54) is 71.3 Å². The molecule has 0 spiro atoms. The SMILES string of the molecule is COC(=O)CCSCCO[C@H]1CC[C@@]2(C)C(=CC[C@H]3[C@@H]4CC[C@H]([C@H](C)CCCC(C)C)[C@@]4(C)CC[C@@H]32)C1. The molecule has 212 valence electrons. The average Bonchev–Trinajstić information content (AvgIpc) is 3.23. The molecule has 0 amide bonds. The van der Waals surface area contributed by atoms with Gasteiger partial charge in [0.25, 0.3) is 0 Å². The first kappa shape index (κ1) is 29.5. The first-order valence-electron chi connectivity index (χ1n) is 15.6. The van der Waals surface area contributed by atoms with Gasteiger partial charge in [-0.2, -0.15) is 11.8 Å². The maximum atomic E-state index is 11.3. The molecule has 0 heterocycles. The maximum Gasteiger partial charge on any atom is 0.306 e. The molecule has 0 aromatic carbocycles. The van der Waals surface area contributed by atoms with Crippen molar-refractivity contribution in [2.75, 3.05) is 25.2 Å². The number of carbonyl (C=O) groups is 1. The smallest absolute Gasteiger partial charge is 0.306 e. The van der Waals surface area contributed by atoms with Crippen molar-refractivity contribution >= 4 is 17.7 Å². The van der Waals surface area contributed by atoms with Gasteiger partial charge in [0, 0.05) is 11.5 Å². The van der Waals surface area contributed by atoms with Crippen LogP contribution in [-0.4, -0.2) is 37.3 Å². The van der Waals surface area contributed by atoms with E-state index in [1.807, 2.05) is 0 Å². The van der Waals surface area contributed by atoms with Gasteiger partial charge in [0.2, 0.25) is 0 Å². The highest BCUT2D eigenvalue weighted by Gasteiger charge is 2.59. The summed E-state index contributed by atoms with van der Waals surface area (Å²) >= 11 is 1.80. The molecule has 4 heteroatoms. The van der Waals surface area contributed by atoms with E-state index in [4.69, 9.17) is 9.47 Å². The Labute approximate surface area is 232 Å². The zero-order valence-corrected chi connectivity index (χ0v) is 25.7. The van der Waals surface area contributed by atoms with Crippen LogP contribution in [0.3, 0.4) is 0 Å². The molecule has 4 aliphatic rings. The second kappa shape index (κ2) is 12.8. The van der Waals surface area contributed by atoms with Crippen molar-refractivity contribution in [2.45, 2.75) is 118 Å². The largest absolute Gasteiger partial charge is 0.469 e. The van der Waals surface area contributed by atoms with Crippen molar-refractivity contribution in [3.05, 3.63) is 11.6 Å². The maximum absolute atomic E-state index is 11.3. The van der Waals surface area contributed by atoms with Crippen molar-refractivity contribution < 1.29 is 14.3 Å². The van der Waals surface area contributed by atoms with E-state index in [1.54, 1.807) is 17.3 Å². The summed E-state index contributed by atoms with van der Waals surface area (Å²) in [6.45, 7) is 13.5. The number of hydrogen-bond acceptors (Lipinski definition) is 4. The van der Waals surface area contributed by atoms with Crippen LogP contribution in [0.25, 0.3) is 0 Å². The summed E-state index contributed by atoms with van der Waals surface area (Å²) in [4.78, 5) is 11.3. The first-order valence-corrected chi connectivity index (χ1v) is 16.8. The molecule has 0 aromatic heterocycles. The zero-order chi connectivity index (χ0) is 26.6. The summed E-state index contributed by atoms with van der Waals surface area (Å²) in [6.07, 6.45) is 18.7. The molecule has 37 heavy (non-hydrogen) atoms. The monoisotopic (exact) mass is 532 g/mol. The van der Waals surface area contributed by atoms with Crippen molar-refractivity contribution in [3.63, 3.8) is 0 Å². The van der Waals surface area contributed by atoms with Gasteiger partial charge in [0.1, 0.15) is 0 Å². The predicted molar refractivity (Wildman–Crippen MR) is 157 cm³/mol. The van der Waals surface area contributed by atoms with Crippen LogP contribution in [0.1, 0.15) is 112 Å². The Morgan fingerprint density at radius 2 is 1.86 bits per heavy atom. The van der Waals surface area contributed by atoms with Crippen LogP contribution in [0.15, 0.2) is 11.6 Å². The second-order valence-corrected chi connectivity index (χ2v) is 15.2. The lowest BCUT2D eigenvalue weighted by Gasteiger charge is -2.58. The third-order valence-electron chi connectivity index (χ3n) is 11.5. The van der Waals surface area contributed by atoms with Gasteiger partial charge in [0.15, 0.2) is 0 Å². The van der Waals surface area contributed by atoms with E-state index in [-0.39, 0.29) is 5.97 Å². The molecule has 3 nitrogen and oxygen atoms in total. The Morgan fingerprint density at radius 1 is 1.05 bits per heavy atom. The average molecular weight is 533 g/mol. The van der Waals surface area contributed by atoms with Crippen LogP contribution in [0.2, 0.25) is 0 Å². The van der Waals surface area contributed by atoms with Crippen molar-refractivity contribution in [1.29, 1.82) is 0 Å². The Hall–Kier alpha value is -0.480. The topological polar surface area (TPSA) is 35.5 Å². The molecular weight excluding hydrogens is 476 g/mol. The molecular formula is C33H56O3S. The minimum absolute atomic E-state index is 0.116. The van der Waals surface area contributed by atoms with Crippen LogP contribution in [-0.2, 0) is 14.3 Å². The minimum atomic E-state index is -0.116. The third kappa shape index (κ3) is 6.47. The molecule has 0 aliphatic heterocycles. The third-order valence-corrected chi connectivity index (χ3v) is 12.5. The lowest BCUT2D eigenvalue weighted by atomic mass is 9.47. The summed E-state index contributed by atoms with van der Waals surface area (Å²) in [5, 5.41) is 0. The number of ether oxygens (including phenoxy) is 2. The van der Waals surface area contributed by atoms with E-state index >= 15 is 0 Å². The van der Waals surface area contributed by atoms with E-state index in [9.17, 15) is 4.79 Å². The number of esters is 1. The Balaban J connectivity index is 1.30. The lowest BCUT2D eigenvalue weighted by Crippen LogP contribution is -2.51. The number of fused-ring (bicyclic) bond motifs is 5. The molecule has 0 unspecified atom stereocenters. The zero-order valence-electron chi connectivity index (χ0n) is 24.9. The molecule has 3 saturated carbocycles. The fourth-order valence-electron chi connectivity index (χ4n) is 9.43. The summed E-state index contributed by atoms with van der Waals surface area (Å²) in [6, 6.07) is 0. The number of hydrogen-bond donors (Lipinski definition) is 0. The van der Waals surface area contributed by atoms with E-state index < -0.39 is 0 Å². The summed E-state index contributed by atoms with van der Waals surface area (Å²) in [5.41, 5.74) is 2.70. The van der Waals surface area contributed by atoms with Crippen LogP contribution in [0.5, 0.6) is 0 Å². The van der Waals surface area contributed by atoms with Crippen LogP contribution in [0.4, 0.5) is 0 Å². The van der Waals surface area contributed by atoms with Gasteiger partial charge in [-0.05, 0) is 97.7 Å². The molecule has 0 aromatic rings. The second-order valence-electron chi connectivity index (χ2n) is 14.0. The van der Waals surface area contributed by atoms with Crippen molar-refractivity contribution in [2.24, 2.45) is 46.3 Å². The molecule has 4 aliphatic carbocycles. The van der Waals surface area contributed by atoms with Gasteiger partial charge in [-0.1, -0.05) is 65.5 Å². The van der Waals surface area contributed by atoms with Crippen molar-refractivity contribution in [3.8, 4) is 0 Å². The Morgan fingerprint density at radius 3 is 2.62 bits per heavy atom. The van der Waals surface area contributed by atoms with Crippen LogP contribution < -0.4 is 0 Å². The number of carbonyl (C=O) groups excluding carboxylic acids is 1. The van der Waals surface area contributed by atoms with E-state index in [0.717, 1.165) is 60.0 Å². The summed E-state index contributed by atoms with van der Waals surface area (Å²) in [5.74, 6) is 7.08. The van der Waals surface area contributed by atoms with Gasteiger partial charge in [-0.25, -0.2) is 0 Å². The molecule has 0 radical (unpaired) electrons. The van der Waals surface area contributed by atoms with Crippen LogP contribution in [0, 0.1) is 46.3 Å². The van der Waals surface area contributed by atoms with E-state index in [0.29, 0.717) is 23.4 Å². The molecule has 8 atom stereocenters. The molecule has 3 fully saturated rings. The van der Waals surface area contributed by atoms with Crippen molar-refractivity contribution in [1.82, 2.24) is 0 Å². The lowest BCUT2D eigenvalue weighted by molar-refractivity contribution is -0.140. The highest BCUT2D eigenvalue weighted by Crippen LogP contribution is 2.67.